The minimum Gasteiger partial charge on any atom is -0.454 e. The van der Waals surface area contributed by atoms with Gasteiger partial charge in [-0.2, -0.15) is 0 Å². The first-order chi connectivity index (χ1) is 16.4. The average molecular weight is 456 g/mol. The van der Waals surface area contributed by atoms with E-state index in [0.29, 0.717) is 5.56 Å². The van der Waals surface area contributed by atoms with Gasteiger partial charge in [-0.3, -0.25) is 10.1 Å². The van der Waals surface area contributed by atoms with Gasteiger partial charge in [0.1, 0.15) is 6.10 Å². The van der Waals surface area contributed by atoms with Gasteiger partial charge in [0.2, 0.25) is 0 Å². The molecule has 3 aromatic rings. The number of esters is 1. The third kappa shape index (κ3) is 5.25. The number of ether oxygens (including phenoxy) is 1. The highest BCUT2D eigenvalue weighted by molar-refractivity contribution is 5.89. The van der Waals surface area contributed by atoms with E-state index in [2.05, 4.69) is 37.8 Å². The summed E-state index contributed by atoms with van der Waals surface area (Å²) in [7, 11) is 0. The zero-order valence-electron chi connectivity index (χ0n) is 19.4. The van der Waals surface area contributed by atoms with Gasteiger partial charge in [0.05, 0.1) is 10.5 Å². The fourth-order valence-electron chi connectivity index (χ4n) is 4.88. The molecule has 5 nitrogen and oxygen atoms in total. The van der Waals surface area contributed by atoms with Crippen LogP contribution in [0.1, 0.15) is 58.8 Å². The Morgan fingerprint density at radius 3 is 2.21 bits per heavy atom. The van der Waals surface area contributed by atoms with E-state index in [4.69, 9.17) is 4.74 Å². The molecule has 34 heavy (non-hydrogen) atoms. The lowest BCUT2D eigenvalue weighted by molar-refractivity contribution is -0.384. The molecule has 4 rings (SSSR count). The van der Waals surface area contributed by atoms with Crippen LogP contribution in [0.5, 0.6) is 0 Å². The number of carbonyl (C=O) groups is 1. The van der Waals surface area contributed by atoms with Crippen molar-refractivity contribution in [2.75, 3.05) is 0 Å². The van der Waals surface area contributed by atoms with Crippen molar-refractivity contribution < 1.29 is 14.5 Å². The van der Waals surface area contributed by atoms with Crippen LogP contribution in [-0.4, -0.2) is 10.9 Å². The molecule has 0 amide bonds. The van der Waals surface area contributed by atoms with Crippen LogP contribution in [0.2, 0.25) is 0 Å². The number of nitro groups is 1. The molecule has 0 saturated heterocycles. The van der Waals surface area contributed by atoms with Gasteiger partial charge in [0, 0.05) is 18.1 Å². The molecule has 5 heteroatoms. The molecular formula is C29H29NO4. The number of nitrogens with zero attached hydrogens (tertiary/aromatic N) is 1. The zero-order chi connectivity index (χ0) is 24.1. The van der Waals surface area contributed by atoms with Crippen LogP contribution in [0.15, 0.2) is 85.4 Å². The summed E-state index contributed by atoms with van der Waals surface area (Å²) in [6.45, 7) is 6.53. The Balaban J connectivity index is 1.64. The van der Waals surface area contributed by atoms with E-state index in [1.807, 2.05) is 30.3 Å². The van der Waals surface area contributed by atoms with Crippen LogP contribution in [0, 0.1) is 28.9 Å². The smallest absolute Gasteiger partial charge is 0.338 e. The molecule has 0 spiro atoms. The van der Waals surface area contributed by atoms with Crippen LogP contribution in [0.25, 0.3) is 5.57 Å². The summed E-state index contributed by atoms with van der Waals surface area (Å²) in [4.78, 5) is 23.6. The number of rotatable bonds is 7. The molecule has 0 aromatic heterocycles. The van der Waals surface area contributed by atoms with Gasteiger partial charge in [-0.05, 0) is 54.5 Å². The normalized spacial score (nSPS) is 18.6. The number of non-ortho nitro benzene ring substituents is 1. The molecule has 1 fully saturated rings. The van der Waals surface area contributed by atoms with E-state index in [0.717, 1.165) is 42.4 Å². The molecule has 0 heterocycles. The Morgan fingerprint density at radius 1 is 0.941 bits per heavy atom. The standard InChI is InChI=1S/C29H29NO4/c1-20-12-14-22(15-13-20)21(2)26-10-6-7-11-27(26)28(23-8-4-3-5-9-23)34-29(31)24-16-18-25(19-17-24)30(32)33/h3-5,8-9,12-19,26-28H,2,6-7,10-11H2,1H3/t26-,27-,28-/m1/s1. The molecule has 1 aliphatic rings. The maximum atomic E-state index is 13.1. The minimum absolute atomic E-state index is 0.0575. The first-order valence-electron chi connectivity index (χ1n) is 11.7. The second-order valence-electron chi connectivity index (χ2n) is 8.99. The topological polar surface area (TPSA) is 69.4 Å². The molecule has 1 saturated carbocycles. The zero-order valence-corrected chi connectivity index (χ0v) is 19.4. The Hall–Kier alpha value is -3.73. The number of hydrogen-bond donors (Lipinski definition) is 0. The second kappa shape index (κ2) is 10.5. The van der Waals surface area contributed by atoms with Crippen molar-refractivity contribution in [3.8, 4) is 0 Å². The van der Waals surface area contributed by atoms with Gasteiger partial charge < -0.3 is 4.74 Å². The summed E-state index contributed by atoms with van der Waals surface area (Å²) in [6.07, 6.45) is 3.68. The predicted molar refractivity (Wildman–Crippen MR) is 133 cm³/mol. The summed E-state index contributed by atoms with van der Waals surface area (Å²) < 4.78 is 6.15. The highest BCUT2D eigenvalue weighted by Gasteiger charge is 2.37. The molecular weight excluding hydrogens is 426 g/mol. The Morgan fingerprint density at radius 2 is 1.56 bits per heavy atom. The molecule has 174 valence electrons. The first kappa shape index (κ1) is 23.4. The van der Waals surface area contributed by atoms with E-state index < -0.39 is 17.0 Å². The molecule has 0 bridgehead atoms. The van der Waals surface area contributed by atoms with Crippen molar-refractivity contribution in [1.29, 1.82) is 0 Å². The Bertz CT molecular complexity index is 1150. The summed E-state index contributed by atoms with van der Waals surface area (Å²) in [5.41, 5.74) is 4.60. The van der Waals surface area contributed by atoms with Crippen molar-refractivity contribution >= 4 is 17.2 Å². The Labute approximate surface area is 200 Å². The lowest BCUT2D eigenvalue weighted by Crippen LogP contribution is -2.29. The average Bonchev–Trinajstić information content (AvgIpc) is 2.88. The largest absolute Gasteiger partial charge is 0.454 e. The number of aryl methyl sites for hydroxylation is 1. The third-order valence-electron chi connectivity index (χ3n) is 6.75. The summed E-state index contributed by atoms with van der Waals surface area (Å²) in [5, 5.41) is 11.0. The molecule has 0 N–H and O–H groups in total. The van der Waals surface area contributed by atoms with Crippen molar-refractivity contribution in [2.24, 2.45) is 11.8 Å². The van der Waals surface area contributed by atoms with E-state index in [9.17, 15) is 14.9 Å². The molecule has 0 radical (unpaired) electrons. The summed E-state index contributed by atoms with van der Waals surface area (Å²) in [6, 6.07) is 23.8. The number of nitro benzene ring substituents is 1. The highest BCUT2D eigenvalue weighted by Crippen LogP contribution is 2.46. The van der Waals surface area contributed by atoms with Crippen molar-refractivity contribution in [1.82, 2.24) is 0 Å². The quantitative estimate of drug-likeness (QED) is 0.213. The monoisotopic (exact) mass is 455 g/mol. The maximum Gasteiger partial charge on any atom is 0.338 e. The van der Waals surface area contributed by atoms with E-state index in [-0.39, 0.29) is 17.5 Å². The minimum atomic E-state index is -0.481. The van der Waals surface area contributed by atoms with Crippen LogP contribution in [0.3, 0.4) is 0 Å². The van der Waals surface area contributed by atoms with Gasteiger partial charge in [0.25, 0.3) is 5.69 Å². The maximum absolute atomic E-state index is 13.1. The van der Waals surface area contributed by atoms with Gasteiger partial charge in [0.15, 0.2) is 0 Å². The first-order valence-corrected chi connectivity index (χ1v) is 11.7. The number of allylic oxidation sites excluding steroid dienone is 1. The van der Waals surface area contributed by atoms with Crippen LogP contribution in [-0.2, 0) is 4.74 Å². The van der Waals surface area contributed by atoms with Gasteiger partial charge in [-0.25, -0.2) is 4.79 Å². The van der Waals surface area contributed by atoms with Crippen molar-refractivity contribution in [3.05, 3.63) is 118 Å². The summed E-state index contributed by atoms with van der Waals surface area (Å²) in [5.74, 6) is -0.202. The molecule has 0 aliphatic heterocycles. The van der Waals surface area contributed by atoms with Gasteiger partial charge in [-0.1, -0.05) is 79.6 Å². The fraction of sp³-hybridized carbons (Fsp3) is 0.276. The van der Waals surface area contributed by atoms with E-state index >= 15 is 0 Å². The molecule has 0 unspecified atom stereocenters. The van der Waals surface area contributed by atoms with Gasteiger partial charge in [-0.15, -0.1) is 0 Å². The summed E-state index contributed by atoms with van der Waals surface area (Å²) >= 11 is 0. The van der Waals surface area contributed by atoms with Crippen LogP contribution < -0.4 is 0 Å². The lowest BCUT2D eigenvalue weighted by Gasteiger charge is -2.38. The van der Waals surface area contributed by atoms with Crippen molar-refractivity contribution in [2.45, 2.75) is 38.7 Å². The molecule has 3 atom stereocenters. The van der Waals surface area contributed by atoms with Crippen LogP contribution >= 0.6 is 0 Å². The molecule has 3 aromatic carbocycles. The van der Waals surface area contributed by atoms with Crippen LogP contribution in [0.4, 0.5) is 5.69 Å². The van der Waals surface area contributed by atoms with Gasteiger partial charge >= 0.3 is 5.97 Å². The molecule has 1 aliphatic carbocycles. The second-order valence-corrected chi connectivity index (χ2v) is 8.99. The third-order valence-corrected chi connectivity index (χ3v) is 6.75. The number of hydrogen-bond acceptors (Lipinski definition) is 4. The lowest BCUT2D eigenvalue weighted by atomic mass is 9.70. The SMILES string of the molecule is C=C(c1ccc(C)cc1)[C@H]1CCCC[C@H]1[C@H](OC(=O)c1ccc([N+](=O)[O-])cc1)c1ccccc1. The number of carbonyl (C=O) groups excluding carboxylic acids is 1. The fourth-order valence-corrected chi connectivity index (χ4v) is 4.88. The number of benzene rings is 3. The highest BCUT2D eigenvalue weighted by atomic mass is 16.6. The predicted octanol–water partition coefficient (Wildman–Crippen LogP) is 7.32. The Kier molecular flexibility index (Phi) is 7.21. The van der Waals surface area contributed by atoms with E-state index in [1.165, 1.54) is 29.8 Å². The van der Waals surface area contributed by atoms with Crippen molar-refractivity contribution in [3.63, 3.8) is 0 Å². The van der Waals surface area contributed by atoms with E-state index in [1.54, 1.807) is 0 Å².